The van der Waals surface area contributed by atoms with Crippen molar-refractivity contribution in [2.45, 2.75) is 25.9 Å². The van der Waals surface area contributed by atoms with E-state index in [9.17, 15) is 19.1 Å². The molecule has 3 heterocycles. The summed E-state index contributed by atoms with van der Waals surface area (Å²) in [6.07, 6.45) is 0.817. The van der Waals surface area contributed by atoms with E-state index < -0.39 is 17.3 Å². The van der Waals surface area contributed by atoms with Crippen LogP contribution in [0.2, 0.25) is 0 Å². The van der Waals surface area contributed by atoms with Crippen LogP contribution in [0, 0.1) is 5.82 Å². The molecule has 1 aliphatic heterocycles. The van der Waals surface area contributed by atoms with Crippen molar-refractivity contribution in [2.75, 3.05) is 13.1 Å². The Hall–Kier alpha value is -3.65. The van der Waals surface area contributed by atoms with Crippen molar-refractivity contribution in [2.24, 2.45) is 0 Å². The molecule has 7 nitrogen and oxygen atoms in total. The molecular weight excluding hydrogens is 411 g/mol. The number of nitrogens with zero attached hydrogens (tertiary/aromatic N) is 2. The van der Waals surface area contributed by atoms with Gasteiger partial charge in [-0.2, -0.15) is 0 Å². The van der Waals surface area contributed by atoms with Gasteiger partial charge < -0.3 is 10.1 Å². The molecule has 0 radical (unpaired) electrons. The van der Waals surface area contributed by atoms with Gasteiger partial charge in [0.15, 0.2) is 0 Å². The Morgan fingerprint density at radius 3 is 2.59 bits per heavy atom. The minimum absolute atomic E-state index is 0.00707. The van der Waals surface area contributed by atoms with E-state index in [1.54, 1.807) is 12.1 Å². The van der Waals surface area contributed by atoms with Gasteiger partial charge in [-0.25, -0.2) is 9.18 Å². The number of fused-ring (bicyclic) bond motifs is 3. The number of aromatic nitrogens is 3. The SMILES string of the molecule is CCN1CCc2c([nH]c3ccccc23)[C@@H]1c1c(O)n(Cc2ccc(F)cc2)c(=O)[nH]c1=O. The third kappa shape index (κ3) is 3.23. The maximum atomic E-state index is 13.3. The summed E-state index contributed by atoms with van der Waals surface area (Å²) < 4.78 is 14.4. The van der Waals surface area contributed by atoms with Crippen molar-refractivity contribution in [1.29, 1.82) is 0 Å². The number of H-pyrrole nitrogens is 2. The predicted octanol–water partition coefficient (Wildman–Crippen LogP) is 2.88. The molecule has 5 rings (SSSR count). The number of aromatic amines is 2. The van der Waals surface area contributed by atoms with E-state index in [0.29, 0.717) is 18.7 Å². The van der Waals surface area contributed by atoms with Crippen LogP contribution in [-0.2, 0) is 13.0 Å². The van der Waals surface area contributed by atoms with Crippen LogP contribution in [-0.4, -0.2) is 37.6 Å². The van der Waals surface area contributed by atoms with Crippen LogP contribution in [0.15, 0.2) is 58.1 Å². The summed E-state index contributed by atoms with van der Waals surface area (Å²) in [5.41, 5.74) is 2.37. The number of benzene rings is 2. The monoisotopic (exact) mass is 434 g/mol. The Balaban J connectivity index is 1.69. The van der Waals surface area contributed by atoms with Crippen LogP contribution in [0.3, 0.4) is 0 Å². The molecule has 1 aliphatic rings. The lowest BCUT2D eigenvalue weighted by Gasteiger charge is -2.35. The second-order valence-corrected chi connectivity index (χ2v) is 8.05. The minimum Gasteiger partial charge on any atom is -0.494 e. The van der Waals surface area contributed by atoms with E-state index in [4.69, 9.17) is 0 Å². The van der Waals surface area contributed by atoms with Crippen LogP contribution < -0.4 is 11.2 Å². The van der Waals surface area contributed by atoms with Gasteiger partial charge in [-0.05, 0) is 42.3 Å². The van der Waals surface area contributed by atoms with Gasteiger partial charge >= 0.3 is 5.69 Å². The number of para-hydroxylation sites is 1. The summed E-state index contributed by atoms with van der Waals surface area (Å²) in [6.45, 7) is 3.38. The molecular formula is C24H23FN4O3. The molecule has 164 valence electrons. The van der Waals surface area contributed by atoms with Crippen LogP contribution in [0.5, 0.6) is 5.88 Å². The standard InChI is InChI=1S/C24H23FN4O3/c1-2-28-12-11-17-16-5-3-4-6-18(16)26-20(17)21(28)19-22(30)27-24(32)29(23(19)31)13-14-7-9-15(25)10-8-14/h3-10,21,26,31H,2,11-13H2,1H3,(H,27,30,32)/t21-/m0/s1. The topological polar surface area (TPSA) is 94.1 Å². The second kappa shape index (κ2) is 7.80. The molecule has 0 saturated carbocycles. The Bertz CT molecular complexity index is 1420. The van der Waals surface area contributed by atoms with E-state index in [-0.39, 0.29) is 23.8 Å². The van der Waals surface area contributed by atoms with Crippen molar-refractivity contribution < 1.29 is 9.50 Å². The molecule has 4 aromatic rings. The summed E-state index contributed by atoms with van der Waals surface area (Å²) in [6, 6.07) is 13.1. The lowest BCUT2D eigenvalue weighted by molar-refractivity contribution is 0.214. The van der Waals surface area contributed by atoms with Gasteiger partial charge in [-0.15, -0.1) is 0 Å². The average molecular weight is 434 g/mol. The molecule has 0 amide bonds. The number of nitrogens with one attached hydrogen (secondary N) is 2. The van der Waals surface area contributed by atoms with E-state index in [0.717, 1.165) is 33.1 Å². The molecule has 3 N–H and O–H groups in total. The Labute approximate surface area is 182 Å². The smallest absolute Gasteiger partial charge is 0.331 e. The predicted molar refractivity (Wildman–Crippen MR) is 120 cm³/mol. The highest BCUT2D eigenvalue weighted by Crippen LogP contribution is 2.39. The first-order valence-electron chi connectivity index (χ1n) is 10.6. The zero-order valence-corrected chi connectivity index (χ0v) is 17.6. The van der Waals surface area contributed by atoms with E-state index in [1.807, 2.05) is 31.2 Å². The quantitative estimate of drug-likeness (QED) is 0.460. The fourth-order valence-electron chi connectivity index (χ4n) is 4.70. The van der Waals surface area contributed by atoms with Crippen LogP contribution >= 0.6 is 0 Å². The Morgan fingerprint density at radius 2 is 1.84 bits per heavy atom. The first-order valence-corrected chi connectivity index (χ1v) is 10.6. The first kappa shape index (κ1) is 20.3. The van der Waals surface area contributed by atoms with Gasteiger partial charge in [0, 0.05) is 23.1 Å². The van der Waals surface area contributed by atoms with Crippen molar-refractivity contribution in [3.05, 3.63) is 97.6 Å². The number of hydrogen-bond donors (Lipinski definition) is 3. The van der Waals surface area contributed by atoms with Gasteiger partial charge in [0.05, 0.1) is 12.6 Å². The van der Waals surface area contributed by atoms with Crippen molar-refractivity contribution in [3.8, 4) is 5.88 Å². The van der Waals surface area contributed by atoms with E-state index >= 15 is 0 Å². The fraction of sp³-hybridized carbons (Fsp3) is 0.250. The largest absolute Gasteiger partial charge is 0.494 e. The first-order chi connectivity index (χ1) is 15.5. The van der Waals surface area contributed by atoms with Gasteiger partial charge in [0.1, 0.15) is 11.4 Å². The number of likely N-dealkylation sites (N-methyl/N-ethyl adjacent to an activating group) is 1. The average Bonchev–Trinajstić information content (AvgIpc) is 3.17. The maximum Gasteiger partial charge on any atom is 0.331 e. The highest BCUT2D eigenvalue weighted by molar-refractivity contribution is 5.85. The number of hydrogen-bond acceptors (Lipinski definition) is 4. The molecule has 0 spiro atoms. The molecule has 0 fully saturated rings. The highest BCUT2D eigenvalue weighted by atomic mass is 19.1. The second-order valence-electron chi connectivity index (χ2n) is 8.05. The molecule has 32 heavy (non-hydrogen) atoms. The molecule has 2 aromatic carbocycles. The zero-order valence-electron chi connectivity index (χ0n) is 17.6. The number of halogens is 1. The van der Waals surface area contributed by atoms with Gasteiger partial charge in [0.25, 0.3) is 5.56 Å². The van der Waals surface area contributed by atoms with Crippen molar-refractivity contribution in [3.63, 3.8) is 0 Å². The highest BCUT2D eigenvalue weighted by Gasteiger charge is 2.35. The normalized spacial score (nSPS) is 16.4. The molecule has 8 heteroatoms. The third-order valence-electron chi connectivity index (χ3n) is 6.27. The molecule has 2 aromatic heterocycles. The molecule has 0 bridgehead atoms. The van der Waals surface area contributed by atoms with Crippen LogP contribution in [0.1, 0.15) is 35.3 Å². The Morgan fingerprint density at radius 1 is 1.09 bits per heavy atom. The maximum absolute atomic E-state index is 13.3. The van der Waals surface area contributed by atoms with Gasteiger partial charge in [0.2, 0.25) is 5.88 Å². The summed E-state index contributed by atoms with van der Waals surface area (Å²) in [7, 11) is 0. The Kier molecular flexibility index (Phi) is 4.94. The lowest BCUT2D eigenvalue weighted by Crippen LogP contribution is -2.41. The molecule has 0 aliphatic carbocycles. The molecule has 0 unspecified atom stereocenters. The minimum atomic E-state index is -0.712. The van der Waals surface area contributed by atoms with Crippen molar-refractivity contribution >= 4 is 10.9 Å². The number of aromatic hydroxyl groups is 1. The van der Waals surface area contributed by atoms with Gasteiger partial charge in [-0.1, -0.05) is 37.3 Å². The van der Waals surface area contributed by atoms with Gasteiger partial charge in [-0.3, -0.25) is 19.2 Å². The summed E-state index contributed by atoms with van der Waals surface area (Å²) >= 11 is 0. The summed E-state index contributed by atoms with van der Waals surface area (Å²) in [5, 5.41) is 12.3. The lowest BCUT2D eigenvalue weighted by atomic mass is 9.93. The van der Waals surface area contributed by atoms with E-state index in [1.165, 1.54) is 12.1 Å². The summed E-state index contributed by atoms with van der Waals surface area (Å²) in [4.78, 5) is 33.4. The molecule has 1 atom stereocenters. The van der Waals surface area contributed by atoms with Crippen LogP contribution in [0.25, 0.3) is 10.9 Å². The zero-order chi connectivity index (χ0) is 22.4. The molecule has 0 saturated heterocycles. The fourth-order valence-corrected chi connectivity index (χ4v) is 4.70. The number of rotatable bonds is 4. The summed E-state index contributed by atoms with van der Waals surface area (Å²) in [5.74, 6) is -0.766. The van der Waals surface area contributed by atoms with Crippen molar-refractivity contribution in [1.82, 2.24) is 19.4 Å². The van der Waals surface area contributed by atoms with Crippen LogP contribution in [0.4, 0.5) is 4.39 Å². The van der Waals surface area contributed by atoms with E-state index in [2.05, 4.69) is 14.9 Å². The third-order valence-corrected chi connectivity index (χ3v) is 6.27.